The Morgan fingerprint density at radius 1 is 1.13 bits per heavy atom. The van der Waals surface area contributed by atoms with E-state index in [1.54, 1.807) is 18.3 Å². The van der Waals surface area contributed by atoms with Gasteiger partial charge in [0.1, 0.15) is 11.6 Å². The summed E-state index contributed by atoms with van der Waals surface area (Å²) in [7, 11) is 0. The first-order valence-electron chi connectivity index (χ1n) is 10.5. The minimum Gasteiger partial charge on any atom is -0.439 e. The number of nitrogens with zero attached hydrogens (tertiary/aromatic N) is 2. The molecular formula is C25H23N3O3. The van der Waals surface area contributed by atoms with Crippen molar-refractivity contribution in [3.05, 3.63) is 71.9 Å². The second-order valence-corrected chi connectivity index (χ2v) is 8.03. The molecule has 0 saturated heterocycles. The first kappa shape index (κ1) is 19.5. The summed E-state index contributed by atoms with van der Waals surface area (Å²) < 4.78 is 6.20. The highest BCUT2D eigenvalue weighted by molar-refractivity contribution is 5.89. The Bertz CT molecular complexity index is 1200. The smallest absolute Gasteiger partial charge is 0.222 e. The molecule has 0 amide bonds. The van der Waals surface area contributed by atoms with E-state index in [0.29, 0.717) is 40.4 Å². The summed E-state index contributed by atoms with van der Waals surface area (Å²) in [6.45, 7) is 0.223. The van der Waals surface area contributed by atoms with Crippen molar-refractivity contribution in [3.8, 4) is 23.0 Å². The van der Waals surface area contributed by atoms with Crippen LogP contribution in [0.3, 0.4) is 0 Å². The van der Waals surface area contributed by atoms with Crippen LogP contribution in [0.2, 0.25) is 0 Å². The van der Waals surface area contributed by atoms with Crippen LogP contribution >= 0.6 is 0 Å². The second-order valence-electron chi connectivity index (χ2n) is 8.03. The molecule has 0 unspecified atom stereocenters. The van der Waals surface area contributed by atoms with Crippen LogP contribution in [0.4, 0.5) is 0 Å². The van der Waals surface area contributed by atoms with Gasteiger partial charge in [0.15, 0.2) is 6.29 Å². The fourth-order valence-electron chi connectivity index (χ4n) is 4.42. The lowest BCUT2D eigenvalue weighted by molar-refractivity contribution is 0.112. The molecule has 4 aromatic rings. The minimum atomic E-state index is 0.223. The summed E-state index contributed by atoms with van der Waals surface area (Å²) in [5.74, 6) is 2.45. The lowest BCUT2D eigenvalue weighted by atomic mass is 9.97. The van der Waals surface area contributed by atoms with Crippen LogP contribution in [0.1, 0.15) is 41.1 Å². The SMILES string of the molecule is O=Cc1ccc(Oc2ncccc2[C@@H]2CC[C@H](CO)C2)cc1-c1nc2ccccc2[nH]1. The number of carbonyl (C=O) groups is 1. The van der Waals surface area contributed by atoms with Gasteiger partial charge in [-0.25, -0.2) is 9.97 Å². The number of hydrogen-bond donors (Lipinski definition) is 2. The number of imidazole rings is 1. The standard InChI is InChI=1S/C25H23N3O3/c29-14-16-7-8-17(12-16)20-4-3-11-26-25(20)31-19-10-9-18(15-30)21(13-19)24-27-22-5-1-2-6-23(22)28-24/h1-6,9-11,13,15-17,29H,7-8,12,14H2,(H,27,28)/t16-,17+/m0/s1. The van der Waals surface area contributed by atoms with Gasteiger partial charge < -0.3 is 14.8 Å². The van der Waals surface area contributed by atoms with Gasteiger partial charge in [-0.2, -0.15) is 0 Å². The van der Waals surface area contributed by atoms with Gasteiger partial charge in [-0.05, 0) is 67.5 Å². The number of carbonyl (C=O) groups excluding carboxylic acids is 1. The molecule has 31 heavy (non-hydrogen) atoms. The molecule has 0 bridgehead atoms. The van der Waals surface area contributed by atoms with Crippen molar-refractivity contribution in [1.82, 2.24) is 15.0 Å². The van der Waals surface area contributed by atoms with Gasteiger partial charge in [-0.15, -0.1) is 0 Å². The molecule has 6 nitrogen and oxygen atoms in total. The summed E-state index contributed by atoms with van der Waals surface area (Å²) in [5.41, 5.74) is 4.03. The fraction of sp³-hybridized carbons (Fsp3) is 0.240. The number of aliphatic hydroxyl groups is 1. The number of pyridine rings is 1. The largest absolute Gasteiger partial charge is 0.439 e. The number of H-pyrrole nitrogens is 1. The van der Waals surface area contributed by atoms with E-state index < -0.39 is 0 Å². The van der Waals surface area contributed by atoms with Crippen LogP contribution in [0.5, 0.6) is 11.6 Å². The predicted octanol–water partition coefficient (Wildman–Crippen LogP) is 5.11. The molecule has 1 aliphatic rings. The molecule has 156 valence electrons. The van der Waals surface area contributed by atoms with Crippen molar-refractivity contribution in [1.29, 1.82) is 0 Å². The number of ether oxygens (including phenoxy) is 1. The summed E-state index contributed by atoms with van der Waals surface area (Å²) in [6, 6.07) is 17.1. The van der Waals surface area contributed by atoms with Crippen LogP contribution in [0.25, 0.3) is 22.4 Å². The summed E-state index contributed by atoms with van der Waals surface area (Å²) in [6.07, 6.45) is 5.51. The minimum absolute atomic E-state index is 0.223. The van der Waals surface area contributed by atoms with E-state index in [1.807, 2.05) is 42.5 Å². The molecule has 1 fully saturated rings. The second kappa shape index (κ2) is 8.32. The van der Waals surface area contributed by atoms with Crippen LogP contribution in [0, 0.1) is 5.92 Å². The summed E-state index contributed by atoms with van der Waals surface area (Å²) >= 11 is 0. The maximum atomic E-state index is 11.7. The summed E-state index contributed by atoms with van der Waals surface area (Å²) in [5, 5.41) is 9.49. The molecule has 2 aromatic heterocycles. The van der Waals surface area contributed by atoms with Gasteiger partial charge in [-0.1, -0.05) is 18.2 Å². The monoisotopic (exact) mass is 413 g/mol. The number of aldehydes is 1. The molecule has 2 atom stereocenters. The van der Waals surface area contributed by atoms with Gasteiger partial charge in [-0.3, -0.25) is 4.79 Å². The normalized spacial score (nSPS) is 18.4. The number of nitrogens with one attached hydrogen (secondary N) is 1. The lowest BCUT2D eigenvalue weighted by Crippen LogP contribution is -2.02. The molecule has 0 radical (unpaired) electrons. The van der Waals surface area contributed by atoms with E-state index in [-0.39, 0.29) is 6.61 Å². The van der Waals surface area contributed by atoms with E-state index in [2.05, 4.69) is 15.0 Å². The molecular weight excluding hydrogens is 390 g/mol. The summed E-state index contributed by atoms with van der Waals surface area (Å²) in [4.78, 5) is 24.0. The van der Waals surface area contributed by atoms with E-state index in [9.17, 15) is 9.90 Å². The number of aromatic nitrogens is 3. The van der Waals surface area contributed by atoms with Gasteiger partial charge in [0.25, 0.3) is 0 Å². The van der Waals surface area contributed by atoms with Crippen molar-refractivity contribution >= 4 is 17.3 Å². The van der Waals surface area contributed by atoms with Gasteiger partial charge >= 0.3 is 0 Å². The average Bonchev–Trinajstić information content (AvgIpc) is 3.46. The van der Waals surface area contributed by atoms with E-state index in [4.69, 9.17) is 4.74 Å². The molecule has 5 rings (SSSR count). The zero-order valence-corrected chi connectivity index (χ0v) is 17.0. The Kier molecular flexibility index (Phi) is 5.22. The zero-order chi connectivity index (χ0) is 21.2. The molecule has 1 aliphatic carbocycles. The fourth-order valence-corrected chi connectivity index (χ4v) is 4.42. The zero-order valence-electron chi connectivity index (χ0n) is 17.0. The number of benzene rings is 2. The van der Waals surface area contributed by atoms with Crippen molar-refractivity contribution in [2.45, 2.75) is 25.2 Å². The average molecular weight is 413 g/mol. The van der Waals surface area contributed by atoms with E-state index in [1.165, 1.54) is 0 Å². The predicted molar refractivity (Wildman–Crippen MR) is 118 cm³/mol. The number of para-hydroxylation sites is 2. The van der Waals surface area contributed by atoms with Gasteiger partial charge in [0.2, 0.25) is 5.88 Å². The number of rotatable bonds is 6. The Labute approximate surface area is 179 Å². The molecule has 2 heterocycles. The molecule has 0 spiro atoms. The highest BCUT2D eigenvalue weighted by Crippen LogP contribution is 2.42. The molecule has 2 N–H and O–H groups in total. The maximum Gasteiger partial charge on any atom is 0.222 e. The topological polar surface area (TPSA) is 88.1 Å². The number of fused-ring (bicyclic) bond motifs is 1. The third-order valence-corrected chi connectivity index (χ3v) is 6.05. The first-order valence-corrected chi connectivity index (χ1v) is 10.5. The first-order chi connectivity index (χ1) is 15.2. The molecule has 0 aliphatic heterocycles. The highest BCUT2D eigenvalue weighted by atomic mass is 16.5. The molecule has 6 heteroatoms. The third kappa shape index (κ3) is 3.82. The highest BCUT2D eigenvalue weighted by Gasteiger charge is 2.28. The number of aromatic amines is 1. The Balaban J connectivity index is 1.49. The van der Waals surface area contributed by atoms with E-state index >= 15 is 0 Å². The Morgan fingerprint density at radius 3 is 2.84 bits per heavy atom. The number of aliphatic hydroxyl groups excluding tert-OH is 1. The van der Waals surface area contributed by atoms with Crippen LogP contribution in [-0.4, -0.2) is 33.0 Å². The Morgan fingerprint density at radius 2 is 2.03 bits per heavy atom. The number of hydrogen-bond acceptors (Lipinski definition) is 5. The maximum absolute atomic E-state index is 11.7. The van der Waals surface area contributed by atoms with Gasteiger partial charge in [0, 0.05) is 29.5 Å². The molecule has 2 aromatic carbocycles. The Hall–Kier alpha value is -3.51. The van der Waals surface area contributed by atoms with Crippen molar-refractivity contribution in [3.63, 3.8) is 0 Å². The van der Waals surface area contributed by atoms with Gasteiger partial charge in [0.05, 0.1) is 11.0 Å². The van der Waals surface area contributed by atoms with Crippen molar-refractivity contribution in [2.24, 2.45) is 5.92 Å². The quantitative estimate of drug-likeness (QED) is 0.429. The van der Waals surface area contributed by atoms with Crippen LogP contribution in [0.15, 0.2) is 60.8 Å². The third-order valence-electron chi connectivity index (χ3n) is 6.05. The molecule has 1 saturated carbocycles. The van der Waals surface area contributed by atoms with Crippen LogP contribution < -0.4 is 4.74 Å². The van der Waals surface area contributed by atoms with Crippen LogP contribution in [-0.2, 0) is 0 Å². The van der Waals surface area contributed by atoms with E-state index in [0.717, 1.165) is 42.1 Å². The van der Waals surface area contributed by atoms with Crippen molar-refractivity contribution < 1.29 is 14.6 Å². The van der Waals surface area contributed by atoms with Crippen molar-refractivity contribution in [2.75, 3.05) is 6.61 Å². The lowest BCUT2D eigenvalue weighted by Gasteiger charge is -2.15.